The third-order valence-electron chi connectivity index (χ3n) is 4.66. The van der Waals surface area contributed by atoms with Crippen molar-refractivity contribution in [2.24, 2.45) is 0 Å². The number of fused-ring (bicyclic) bond motifs is 1. The zero-order valence-corrected chi connectivity index (χ0v) is 16.1. The van der Waals surface area contributed by atoms with Gasteiger partial charge in [-0.15, -0.1) is 11.3 Å². The molecule has 0 aliphatic rings. The van der Waals surface area contributed by atoms with Gasteiger partial charge in [0.15, 0.2) is 10.9 Å². The number of anilines is 1. The van der Waals surface area contributed by atoms with Crippen LogP contribution in [-0.2, 0) is 0 Å². The number of aromatic nitrogens is 1. The van der Waals surface area contributed by atoms with Gasteiger partial charge in [0.05, 0.1) is 5.69 Å². The highest BCUT2D eigenvalue weighted by atomic mass is 32.1. The van der Waals surface area contributed by atoms with Crippen LogP contribution in [0.2, 0.25) is 0 Å². The molecule has 0 fully saturated rings. The van der Waals surface area contributed by atoms with Crippen molar-refractivity contribution in [1.82, 2.24) is 4.98 Å². The number of benzene rings is 3. The molecule has 5 aromatic rings. The molecule has 2 heterocycles. The van der Waals surface area contributed by atoms with Crippen molar-refractivity contribution in [1.29, 1.82) is 0 Å². The molecular weight excluding hydrogens is 380 g/mol. The van der Waals surface area contributed by atoms with E-state index in [1.54, 1.807) is 6.07 Å². The second-order valence-corrected chi connectivity index (χ2v) is 7.44. The number of hydrogen-bond acceptors (Lipinski definition) is 4. The summed E-state index contributed by atoms with van der Waals surface area (Å²) in [7, 11) is 0. The Kier molecular flexibility index (Phi) is 4.42. The molecule has 3 aromatic carbocycles. The normalized spacial score (nSPS) is 10.9. The van der Waals surface area contributed by atoms with Crippen molar-refractivity contribution in [3.63, 3.8) is 0 Å². The second kappa shape index (κ2) is 7.37. The molecule has 0 saturated heterocycles. The molecule has 1 amide bonds. The summed E-state index contributed by atoms with van der Waals surface area (Å²) in [6.07, 6.45) is 0. The molecule has 4 nitrogen and oxygen atoms in total. The first-order valence-electron chi connectivity index (χ1n) is 9.17. The molecule has 0 spiro atoms. The number of nitrogens with zero attached hydrogens (tertiary/aromatic N) is 1. The van der Waals surface area contributed by atoms with Crippen molar-refractivity contribution < 1.29 is 9.21 Å². The number of carbonyl (C=O) groups is 1. The predicted molar refractivity (Wildman–Crippen MR) is 117 cm³/mol. The Morgan fingerprint density at radius 3 is 2.31 bits per heavy atom. The van der Waals surface area contributed by atoms with E-state index >= 15 is 0 Å². The second-order valence-electron chi connectivity index (χ2n) is 6.58. The fraction of sp³-hybridized carbons (Fsp3) is 0. The molecule has 5 rings (SSSR count). The number of para-hydroxylation sites is 1. The highest BCUT2D eigenvalue weighted by molar-refractivity contribution is 7.14. The Morgan fingerprint density at radius 2 is 1.52 bits per heavy atom. The van der Waals surface area contributed by atoms with E-state index < -0.39 is 0 Å². The van der Waals surface area contributed by atoms with Gasteiger partial charge in [-0.05, 0) is 23.3 Å². The van der Waals surface area contributed by atoms with Crippen LogP contribution in [0.4, 0.5) is 5.13 Å². The third-order valence-corrected chi connectivity index (χ3v) is 5.42. The van der Waals surface area contributed by atoms with Crippen LogP contribution in [0.25, 0.3) is 33.4 Å². The Morgan fingerprint density at radius 1 is 0.828 bits per heavy atom. The molecule has 0 unspecified atom stereocenters. The maximum atomic E-state index is 12.5. The summed E-state index contributed by atoms with van der Waals surface area (Å²) in [6.45, 7) is 0. The Bertz CT molecular complexity index is 1250. The third kappa shape index (κ3) is 3.56. The van der Waals surface area contributed by atoms with Gasteiger partial charge in [-0.3, -0.25) is 10.1 Å². The van der Waals surface area contributed by atoms with Gasteiger partial charge in [0.1, 0.15) is 5.58 Å². The highest BCUT2D eigenvalue weighted by Crippen LogP contribution is 2.28. The van der Waals surface area contributed by atoms with Crippen molar-refractivity contribution >= 4 is 33.3 Å². The van der Waals surface area contributed by atoms with Gasteiger partial charge in [-0.2, -0.15) is 0 Å². The van der Waals surface area contributed by atoms with Crippen LogP contribution in [-0.4, -0.2) is 10.9 Å². The maximum absolute atomic E-state index is 12.5. The van der Waals surface area contributed by atoms with E-state index in [1.807, 2.05) is 60.0 Å². The minimum Gasteiger partial charge on any atom is -0.451 e. The molecule has 29 heavy (non-hydrogen) atoms. The van der Waals surface area contributed by atoms with Crippen LogP contribution in [0, 0.1) is 0 Å². The molecule has 5 heteroatoms. The minimum absolute atomic E-state index is 0.273. The number of rotatable bonds is 4. The number of carbonyl (C=O) groups excluding carboxylic acids is 1. The van der Waals surface area contributed by atoms with Crippen molar-refractivity contribution in [2.45, 2.75) is 0 Å². The molecule has 2 aromatic heterocycles. The molecule has 0 aliphatic carbocycles. The van der Waals surface area contributed by atoms with E-state index in [0.29, 0.717) is 10.7 Å². The number of furan rings is 1. The topological polar surface area (TPSA) is 55.1 Å². The summed E-state index contributed by atoms with van der Waals surface area (Å²) in [5.74, 6) is -0.0308. The minimum atomic E-state index is -0.304. The Labute approximate surface area is 171 Å². The molecule has 0 saturated carbocycles. The first-order valence-corrected chi connectivity index (χ1v) is 10.1. The lowest BCUT2D eigenvalue weighted by Crippen LogP contribution is -2.10. The largest absolute Gasteiger partial charge is 0.451 e. The molecular formula is C24H16N2O2S. The van der Waals surface area contributed by atoms with Gasteiger partial charge in [0, 0.05) is 16.3 Å². The summed E-state index contributed by atoms with van der Waals surface area (Å²) in [5.41, 5.74) is 4.86. The lowest BCUT2D eigenvalue weighted by Gasteiger charge is -2.03. The van der Waals surface area contributed by atoms with E-state index in [1.165, 1.54) is 16.9 Å². The monoisotopic (exact) mass is 396 g/mol. The number of hydrogen-bond donors (Lipinski definition) is 1. The molecule has 1 N–H and O–H groups in total. The van der Waals surface area contributed by atoms with E-state index in [4.69, 9.17) is 4.42 Å². The van der Waals surface area contributed by atoms with Gasteiger partial charge < -0.3 is 4.42 Å². The van der Waals surface area contributed by atoms with Crippen molar-refractivity contribution in [3.8, 4) is 22.4 Å². The van der Waals surface area contributed by atoms with Crippen LogP contribution in [0.15, 0.2) is 94.7 Å². The van der Waals surface area contributed by atoms with E-state index in [-0.39, 0.29) is 11.7 Å². The van der Waals surface area contributed by atoms with E-state index in [0.717, 1.165) is 22.2 Å². The van der Waals surface area contributed by atoms with Crippen LogP contribution in [0.5, 0.6) is 0 Å². The SMILES string of the molecule is O=C(Nc1nc(-c2ccc(-c3ccccc3)cc2)cs1)c1cc2ccccc2o1. The van der Waals surface area contributed by atoms with Crippen molar-refractivity contribution in [3.05, 3.63) is 96.1 Å². The Hall–Kier alpha value is -3.70. The van der Waals surface area contributed by atoms with Gasteiger partial charge in [-0.1, -0.05) is 72.8 Å². The summed E-state index contributed by atoms with van der Waals surface area (Å²) in [6, 6.07) is 27.8. The summed E-state index contributed by atoms with van der Waals surface area (Å²) in [4.78, 5) is 17.0. The summed E-state index contributed by atoms with van der Waals surface area (Å²) in [5, 5.41) is 6.20. The lowest BCUT2D eigenvalue weighted by molar-refractivity contribution is 0.0998. The fourth-order valence-electron chi connectivity index (χ4n) is 3.18. The van der Waals surface area contributed by atoms with Gasteiger partial charge in [0.2, 0.25) is 0 Å². The van der Waals surface area contributed by atoms with Crippen molar-refractivity contribution in [2.75, 3.05) is 5.32 Å². The number of amides is 1. The lowest BCUT2D eigenvalue weighted by atomic mass is 10.0. The van der Waals surface area contributed by atoms with Crippen LogP contribution in [0.1, 0.15) is 10.6 Å². The maximum Gasteiger partial charge on any atom is 0.293 e. The standard InChI is InChI=1S/C24H16N2O2S/c27-23(22-14-19-8-4-5-9-21(19)28-22)26-24-25-20(15-29-24)18-12-10-17(11-13-18)16-6-2-1-3-7-16/h1-15H,(H,25,26,27). The van der Waals surface area contributed by atoms with Crippen LogP contribution in [0.3, 0.4) is 0 Å². The molecule has 0 radical (unpaired) electrons. The average Bonchev–Trinajstić information content (AvgIpc) is 3.41. The number of nitrogens with one attached hydrogen (secondary N) is 1. The first-order chi connectivity index (χ1) is 14.3. The smallest absolute Gasteiger partial charge is 0.293 e. The molecule has 0 bridgehead atoms. The van der Waals surface area contributed by atoms with Crippen LogP contribution >= 0.6 is 11.3 Å². The van der Waals surface area contributed by atoms with E-state index in [2.05, 4.69) is 34.6 Å². The fourth-order valence-corrected chi connectivity index (χ4v) is 3.90. The van der Waals surface area contributed by atoms with E-state index in [9.17, 15) is 4.79 Å². The zero-order valence-electron chi connectivity index (χ0n) is 15.3. The van der Waals surface area contributed by atoms with Gasteiger partial charge in [-0.25, -0.2) is 4.98 Å². The van der Waals surface area contributed by atoms with Gasteiger partial charge in [0.25, 0.3) is 5.91 Å². The van der Waals surface area contributed by atoms with Gasteiger partial charge >= 0.3 is 0 Å². The average molecular weight is 396 g/mol. The first kappa shape index (κ1) is 17.4. The quantitative estimate of drug-likeness (QED) is 0.378. The predicted octanol–water partition coefficient (Wildman–Crippen LogP) is 6.48. The highest BCUT2D eigenvalue weighted by Gasteiger charge is 2.14. The Balaban J connectivity index is 1.33. The zero-order chi connectivity index (χ0) is 19.6. The molecule has 140 valence electrons. The molecule has 0 aliphatic heterocycles. The molecule has 0 atom stereocenters. The summed E-state index contributed by atoms with van der Waals surface area (Å²) < 4.78 is 5.61. The van der Waals surface area contributed by atoms with Crippen LogP contribution < -0.4 is 5.32 Å². The summed E-state index contributed by atoms with van der Waals surface area (Å²) >= 11 is 1.39. The number of thiazole rings is 1.